The molecular weight excluding hydrogens is 216 g/mol. The summed E-state index contributed by atoms with van der Waals surface area (Å²) in [5.41, 5.74) is 1.38. The molecule has 1 unspecified atom stereocenters. The van der Waals surface area contributed by atoms with E-state index in [2.05, 4.69) is 26.8 Å². The molecule has 0 saturated heterocycles. The third-order valence-corrected chi connectivity index (χ3v) is 5.19. The van der Waals surface area contributed by atoms with E-state index in [0.29, 0.717) is 0 Å². The summed E-state index contributed by atoms with van der Waals surface area (Å²) in [6.45, 7) is 6.50. The first kappa shape index (κ1) is 12.1. The van der Waals surface area contributed by atoms with E-state index in [-0.39, 0.29) is 11.5 Å². The molecule has 0 aliphatic heterocycles. The Morgan fingerprint density at radius 3 is 2.38 bits per heavy atom. The highest BCUT2D eigenvalue weighted by molar-refractivity contribution is 7.12. The molecule has 1 nitrogen and oxygen atoms in total. The molecule has 0 bridgehead atoms. The molecule has 1 aliphatic carbocycles. The Balaban J connectivity index is 2.23. The second-order valence-electron chi connectivity index (χ2n) is 5.52. The number of aliphatic hydroxyl groups excluding tert-OH is 1. The van der Waals surface area contributed by atoms with Gasteiger partial charge in [0.05, 0.1) is 6.10 Å². The minimum Gasteiger partial charge on any atom is -0.387 e. The Labute approximate surface area is 103 Å². The van der Waals surface area contributed by atoms with Crippen molar-refractivity contribution in [3.05, 3.63) is 21.4 Å². The normalized spacial score (nSPS) is 22.0. The molecule has 1 atom stereocenters. The highest BCUT2D eigenvalue weighted by atomic mass is 32.1. The molecule has 0 aromatic carbocycles. The van der Waals surface area contributed by atoms with Crippen molar-refractivity contribution in [3.63, 3.8) is 0 Å². The van der Waals surface area contributed by atoms with E-state index in [1.807, 2.05) is 0 Å². The maximum atomic E-state index is 10.6. The van der Waals surface area contributed by atoms with E-state index in [4.69, 9.17) is 0 Å². The van der Waals surface area contributed by atoms with Crippen molar-refractivity contribution in [1.29, 1.82) is 0 Å². The molecule has 1 aromatic rings. The molecule has 1 heterocycles. The maximum Gasteiger partial charge on any atom is 0.0938 e. The average Bonchev–Trinajstić information content (AvgIpc) is 2.58. The molecule has 2 heteroatoms. The van der Waals surface area contributed by atoms with Gasteiger partial charge in [0.25, 0.3) is 0 Å². The van der Waals surface area contributed by atoms with Crippen LogP contribution in [0.1, 0.15) is 60.4 Å². The van der Waals surface area contributed by atoms with E-state index in [9.17, 15) is 5.11 Å². The molecular formula is C14H22OS. The molecule has 1 N–H and O–H groups in total. The van der Waals surface area contributed by atoms with Gasteiger partial charge in [0.2, 0.25) is 0 Å². The highest BCUT2D eigenvalue weighted by Crippen LogP contribution is 2.47. The van der Waals surface area contributed by atoms with Crippen LogP contribution in [0.15, 0.2) is 6.07 Å². The van der Waals surface area contributed by atoms with Crippen LogP contribution in [-0.2, 0) is 0 Å². The summed E-state index contributed by atoms with van der Waals surface area (Å²) in [6, 6.07) is 2.19. The summed E-state index contributed by atoms with van der Waals surface area (Å²) in [4.78, 5) is 2.51. The van der Waals surface area contributed by atoms with Crippen LogP contribution in [0.5, 0.6) is 0 Å². The number of hydrogen-bond donors (Lipinski definition) is 1. The zero-order chi connectivity index (χ0) is 11.8. The molecule has 1 aliphatic rings. The number of hydrogen-bond acceptors (Lipinski definition) is 2. The third kappa shape index (κ3) is 2.18. The van der Waals surface area contributed by atoms with Crippen molar-refractivity contribution in [2.75, 3.05) is 0 Å². The Morgan fingerprint density at radius 2 is 1.88 bits per heavy atom. The second-order valence-corrected chi connectivity index (χ2v) is 6.81. The smallest absolute Gasteiger partial charge is 0.0938 e. The monoisotopic (exact) mass is 238 g/mol. The summed E-state index contributed by atoms with van der Waals surface area (Å²) < 4.78 is 0. The fourth-order valence-electron chi connectivity index (χ4n) is 2.88. The first-order chi connectivity index (χ1) is 7.53. The summed E-state index contributed by atoms with van der Waals surface area (Å²) in [7, 11) is 0. The van der Waals surface area contributed by atoms with Gasteiger partial charge in [-0.05, 0) is 43.7 Å². The summed E-state index contributed by atoms with van der Waals surface area (Å²) in [5, 5.41) is 10.6. The maximum absolute atomic E-state index is 10.6. The van der Waals surface area contributed by atoms with Gasteiger partial charge in [-0.3, -0.25) is 0 Å². The topological polar surface area (TPSA) is 20.2 Å². The van der Waals surface area contributed by atoms with Crippen molar-refractivity contribution in [3.8, 4) is 0 Å². The SMILES string of the molecule is Cc1cc(C)c(C(O)C2(C)CCCCC2)s1. The zero-order valence-corrected chi connectivity index (χ0v) is 11.4. The fourth-order valence-corrected chi connectivity index (χ4v) is 4.08. The van der Waals surface area contributed by atoms with E-state index in [0.717, 1.165) is 0 Å². The number of aryl methyl sites for hydroxylation is 2. The number of thiophene rings is 1. The summed E-state index contributed by atoms with van der Waals surface area (Å²) in [6.07, 6.45) is 5.97. The minimum absolute atomic E-state index is 0.111. The first-order valence-electron chi connectivity index (χ1n) is 6.28. The minimum atomic E-state index is -0.258. The highest BCUT2D eigenvalue weighted by Gasteiger charge is 2.36. The molecule has 1 aromatic heterocycles. The second kappa shape index (κ2) is 4.50. The molecule has 0 spiro atoms. The molecule has 1 fully saturated rings. The Bertz CT molecular complexity index is 361. The Hall–Kier alpha value is -0.340. The molecule has 0 amide bonds. The molecule has 0 radical (unpaired) electrons. The van der Waals surface area contributed by atoms with E-state index in [1.165, 1.54) is 47.4 Å². The van der Waals surface area contributed by atoms with Gasteiger partial charge in [-0.1, -0.05) is 26.2 Å². The van der Waals surface area contributed by atoms with Gasteiger partial charge in [0, 0.05) is 9.75 Å². The van der Waals surface area contributed by atoms with Crippen LogP contribution in [-0.4, -0.2) is 5.11 Å². The standard InChI is InChI=1S/C14H22OS/c1-10-9-11(2)16-12(10)13(15)14(3)7-5-4-6-8-14/h9,13,15H,4-8H2,1-3H3. The molecule has 2 rings (SSSR count). The van der Waals surface area contributed by atoms with Crippen LogP contribution in [0.2, 0.25) is 0 Å². The van der Waals surface area contributed by atoms with Crippen LogP contribution in [0.25, 0.3) is 0 Å². The largest absolute Gasteiger partial charge is 0.387 e. The quantitative estimate of drug-likeness (QED) is 0.811. The zero-order valence-electron chi connectivity index (χ0n) is 10.5. The van der Waals surface area contributed by atoms with Crippen LogP contribution in [0.3, 0.4) is 0 Å². The van der Waals surface area contributed by atoms with Crippen LogP contribution in [0, 0.1) is 19.3 Å². The van der Waals surface area contributed by atoms with Gasteiger partial charge in [-0.2, -0.15) is 0 Å². The van der Waals surface area contributed by atoms with Crippen molar-refractivity contribution in [2.24, 2.45) is 5.41 Å². The third-order valence-electron chi connectivity index (χ3n) is 3.98. The lowest BCUT2D eigenvalue weighted by Crippen LogP contribution is -2.28. The summed E-state index contributed by atoms with van der Waals surface area (Å²) >= 11 is 1.76. The Kier molecular flexibility index (Phi) is 3.41. The lowest BCUT2D eigenvalue weighted by atomic mass is 9.71. The van der Waals surface area contributed by atoms with Crippen LogP contribution >= 0.6 is 11.3 Å². The van der Waals surface area contributed by atoms with Crippen molar-refractivity contribution in [2.45, 2.75) is 59.0 Å². The predicted octanol–water partition coefficient (Wildman–Crippen LogP) is 4.37. The average molecular weight is 238 g/mol. The van der Waals surface area contributed by atoms with Crippen LogP contribution < -0.4 is 0 Å². The van der Waals surface area contributed by atoms with Crippen LogP contribution in [0.4, 0.5) is 0 Å². The fraction of sp³-hybridized carbons (Fsp3) is 0.714. The predicted molar refractivity (Wildman–Crippen MR) is 69.9 cm³/mol. The lowest BCUT2D eigenvalue weighted by molar-refractivity contribution is 0.0103. The molecule has 16 heavy (non-hydrogen) atoms. The Morgan fingerprint density at radius 1 is 1.25 bits per heavy atom. The van der Waals surface area contributed by atoms with E-state index >= 15 is 0 Å². The van der Waals surface area contributed by atoms with Gasteiger partial charge >= 0.3 is 0 Å². The van der Waals surface area contributed by atoms with Gasteiger partial charge in [-0.25, -0.2) is 0 Å². The van der Waals surface area contributed by atoms with E-state index < -0.39 is 0 Å². The summed E-state index contributed by atoms with van der Waals surface area (Å²) in [5.74, 6) is 0. The van der Waals surface area contributed by atoms with Crippen molar-refractivity contribution < 1.29 is 5.11 Å². The van der Waals surface area contributed by atoms with Gasteiger partial charge < -0.3 is 5.11 Å². The lowest BCUT2D eigenvalue weighted by Gasteiger charge is -2.37. The van der Waals surface area contributed by atoms with Crippen molar-refractivity contribution >= 4 is 11.3 Å². The van der Waals surface area contributed by atoms with E-state index in [1.54, 1.807) is 11.3 Å². The number of aliphatic hydroxyl groups is 1. The molecule has 1 saturated carbocycles. The van der Waals surface area contributed by atoms with Crippen molar-refractivity contribution in [1.82, 2.24) is 0 Å². The van der Waals surface area contributed by atoms with Gasteiger partial charge in [0.1, 0.15) is 0 Å². The molecule has 90 valence electrons. The van der Waals surface area contributed by atoms with Gasteiger partial charge in [0.15, 0.2) is 0 Å². The van der Waals surface area contributed by atoms with Gasteiger partial charge in [-0.15, -0.1) is 11.3 Å². The first-order valence-corrected chi connectivity index (χ1v) is 7.09. The number of rotatable bonds is 2.